The fraction of sp³-hybridized carbons (Fsp3) is 0.308. The first kappa shape index (κ1) is 17.4. The molecule has 0 saturated heterocycles. The van der Waals surface area contributed by atoms with E-state index in [1.165, 1.54) is 6.07 Å². The third-order valence-corrected chi connectivity index (χ3v) is 1.59. The zero-order valence-corrected chi connectivity index (χ0v) is 10.9. The number of hydrogen-bond donors (Lipinski definition) is 3. The molecule has 0 fully saturated rings. The van der Waals surface area contributed by atoms with Crippen molar-refractivity contribution in [3.05, 3.63) is 29.3 Å². The van der Waals surface area contributed by atoms with Gasteiger partial charge in [0.1, 0.15) is 0 Å². The lowest BCUT2D eigenvalue weighted by atomic mass is 10.1. The normalized spacial score (nSPS) is 7.53. The van der Waals surface area contributed by atoms with Gasteiger partial charge in [-0.1, -0.05) is 33.6 Å². The number of carbonyl (C=O) groups is 1. The monoisotopic (exact) mass is 235 g/mol. The van der Waals surface area contributed by atoms with Gasteiger partial charge in [-0.2, -0.15) is 0 Å². The van der Waals surface area contributed by atoms with Crippen molar-refractivity contribution >= 4 is 11.6 Å². The van der Waals surface area contributed by atoms with Crippen LogP contribution < -0.4 is 17.0 Å². The maximum Gasteiger partial charge on any atom is 0.267 e. The largest absolute Gasteiger partial charge is 0.398 e. The minimum absolute atomic E-state index is 0.318. The molecule has 0 aliphatic carbocycles. The van der Waals surface area contributed by atoms with Gasteiger partial charge in [-0.05, 0) is 18.2 Å². The van der Waals surface area contributed by atoms with E-state index < -0.39 is 5.91 Å². The van der Waals surface area contributed by atoms with Gasteiger partial charge >= 0.3 is 0 Å². The zero-order valence-electron chi connectivity index (χ0n) is 10.9. The Hall–Kier alpha value is -1.99. The summed E-state index contributed by atoms with van der Waals surface area (Å²) in [7, 11) is 0. The molecule has 0 bridgehead atoms. The van der Waals surface area contributed by atoms with E-state index in [-0.39, 0.29) is 0 Å². The van der Waals surface area contributed by atoms with Crippen LogP contribution in [0.2, 0.25) is 0 Å². The molecular weight excluding hydrogens is 214 g/mol. The van der Waals surface area contributed by atoms with Gasteiger partial charge < -0.3 is 5.73 Å². The van der Waals surface area contributed by atoms with Crippen LogP contribution >= 0.6 is 0 Å². The summed E-state index contributed by atoms with van der Waals surface area (Å²) in [4.78, 5) is 11.1. The van der Waals surface area contributed by atoms with Crippen LogP contribution in [0.25, 0.3) is 0 Å². The molecule has 0 aliphatic rings. The van der Waals surface area contributed by atoms with E-state index in [1.54, 1.807) is 12.1 Å². The molecule has 17 heavy (non-hydrogen) atoms. The number of anilines is 1. The maximum atomic E-state index is 11.1. The van der Waals surface area contributed by atoms with Crippen LogP contribution in [-0.2, 0) is 0 Å². The Bertz CT molecular complexity index is 381. The van der Waals surface area contributed by atoms with Crippen LogP contribution in [0.5, 0.6) is 0 Å². The first-order valence-electron chi connectivity index (χ1n) is 5.56. The summed E-state index contributed by atoms with van der Waals surface area (Å²) in [6.07, 6.45) is 5.15. The van der Waals surface area contributed by atoms with Crippen molar-refractivity contribution in [1.82, 2.24) is 5.43 Å². The van der Waals surface area contributed by atoms with Crippen LogP contribution in [0.4, 0.5) is 5.69 Å². The summed E-state index contributed by atoms with van der Waals surface area (Å²) in [5.74, 6) is 6.93. The van der Waals surface area contributed by atoms with Crippen LogP contribution in [0.3, 0.4) is 0 Å². The highest BCUT2D eigenvalue weighted by Crippen LogP contribution is 2.13. The lowest BCUT2D eigenvalue weighted by Gasteiger charge is -2.03. The number of nitrogens with one attached hydrogen (secondary N) is 1. The molecule has 0 saturated carbocycles. The number of carbonyl (C=O) groups excluding carboxylic acids is 1. The molecule has 1 amide bonds. The molecule has 4 heteroatoms. The summed E-state index contributed by atoms with van der Waals surface area (Å²) in [5.41, 5.74) is 8.82. The Morgan fingerprint density at radius 1 is 1.29 bits per heavy atom. The van der Waals surface area contributed by atoms with Gasteiger partial charge in [-0.25, -0.2) is 5.84 Å². The van der Waals surface area contributed by atoms with Crippen molar-refractivity contribution < 1.29 is 4.79 Å². The Morgan fingerprint density at radius 2 is 1.82 bits per heavy atom. The number of nitrogens with two attached hydrogens (primary N) is 2. The second-order valence-electron chi connectivity index (χ2n) is 2.42. The minimum atomic E-state index is -0.430. The quantitative estimate of drug-likeness (QED) is 0.229. The number of amides is 1. The number of hydrogen-bond acceptors (Lipinski definition) is 3. The molecule has 0 spiro atoms. The molecule has 1 aromatic carbocycles. The molecule has 0 radical (unpaired) electrons. The van der Waals surface area contributed by atoms with Crippen molar-refractivity contribution in [3.63, 3.8) is 0 Å². The van der Waals surface area contributed by atoms with E-state index in [0.29, 0.717) is 16.8 Å². The predicted molar refractivity (Wildman–Crippen MR) is 73.1 cm³/mol. The molecule has 0 aliphatic heterocycles. The van der Waals surface area contributed by atoms with Gasteiger partial charge in [0.15, 0.2) is 0 Å². The summed E-state index contributed by atoms with van der Waals surface area (Å²) in [6.45, 7) is 8.00. The van der Waals surface area contributed by atoms with Gasteiger partial charge in [0, 0.05) is 11.3 Å². The van der Waals surface area contributed by atoms with Gasteiger partial charge in [-0.3, -0.25) is 10.2 Å². The second kappa shape index (κ2) is 10.5. The number of terminal acetylenes is 1. The molecule has 0 unspecified atom stereocenters. The number of benzene rings is 1. The Balaban J connectivity index is 0. The molecular formula is C13H21N3O. The standard InChI is InChI=1S/C9H9N3O.2C2H6/c1-2-6-3-4-7(8(10)5-6)9(13)12-11;2*1-2/h1,3-5H,10-11H2,(H,12,13);2*1-2H3. The molecule has 0 aromatic heterocycles. The van der Waals surface area contributed by atoms with Crippen molar-refractivity contribution in [2.24, 2.45) is 5.84 Å². The first-order chi connectivity index (χ1) is 8.19. The lowest BCUT2D eigenvalue weighted by Crippen LogP contribution is -2.30. The highest BCUT2D eigenvalue weighted by molar-refractivity contribution is 5.98. The number of nitrogen functional groups attached to an aromatic ring is 2. The average Bonchev–Trinajstić information content (AvgIpc) is 2.42. The third-order valence-electron chi connectivity index (χ3n) is 1.59. The second-order valence-corrected chi connectivity index (χ2v) is 2.42. The zero-order chi connectivity index (χ0) is 13.8. The van der Waals surface area contributed by atoms with Crippen LogP contribution in [-0.4, -0.2) is 5.91 Å². The molecule has 0 heterocycles. The van der Waals surface area contributed by atoms with E-state index in [9.17, 15) is 4.79 Å². The fourth-order valence-corrected chi connectivity index (χ4v) is 0.937. The Labute approximate surface area is 103 Å². The van der Waals surface area contributed by atoms with E-state index >= 15 is 0 Å². The maximum absolute atomic E-state index is 11.1. The van der Waals surface area contributed by atoms with E-state index in [4.69, 9.17) is 18.0 Å². The van der Waals surface area contributed by atoms with Crippen molar-refractivity contribution in [1.29, 1.82) is 0 Å². The molecule has 94 valence electrons. The van der Waals surface area contributed by atoms with E-state index in [0.717, 1.165) is 0 Å². The van der Waals surface area contributed by atoms with Gasteiger partial charge in [0.25, 0.3) is 5.91 Å². The van der Waals surface area contributed by atoms with E-state index in [2.05, 4.69) is 5.92 Å². The van der Waals surface area contributed by atoms with Crippen molar-refractivity contribution in [2.75, 3.05) is 5.73 Å². The highest BCUT2D eigenvalue weighted by Gasteiger charge is 2.07. The lowest BCUT2D eigenvalue weighted by molar-refractivity contribution is 0.0954. The third kappa shape index (κ3) is 5.59. The van der Waals surface area contributed by atoms with Crippen molar-refractivity contribution in [2.45, 2.75) is 27.7 Å². The van der Waals surface area contributed by atoms with Gasteiger partial charge in [0.2, 0.25) is 0 Å². The van der Waals surface area contributed by atoms with Crippen LogP contribution in [0, 0.1) is 12.3 Å². The molecule has 5 N–H and O–H groups in total. The Kier molecular flexibility index (Phi) is 10.8. The van der Waals surface area contributed by atoms with Crippen LogP contribution in [0.1, 0.15) is 43.6 Å². The first-order valence-corrected chi connectivity index (χ1v) is 5.56. The number of hydrazine groups is 1. The summed E-state index contributed by atoms with van der Waals surface area (Å²) >= 11 is 0. The fourth-order valence-electron chi connectivity index (χ4n) is 0.937. The number of rotatable bonds is 1. The Morgan fingerprint density at radius 3 is 2.18 bits per heavy atom. The molecule has 4 nitrogen and oxygen atoms in total. The predicted octanol–water partition coefficient (Wildman–Crippen LogP) is 1.91. The topological polar surface area (TPSA) is 81.1 Å². The SMILES string of the molecule is C#Cc1ccc(C(=O)NN)c(N)c1.CC.CC. The molecule has 1 aromatic rings. The van der Waals surface area contributed by atoms with E-state index in [1.807, 2.05) is 33.1 Å². The summed E-state index contributed by atoms with van der Waals surface area (Å²) in [5, 5.41) is 0. The highest BCUT2D eigenvalue weighted by atomic mass is 16.2. The van der Waals surface area contributed by atoms with Crippen LogP contribution in [0.15, 0.2) is 18.2 Å². The van der Waals surface area contributed by atoms with Gasteiger partial charge in [0.05, 0.1) is 5.56 Å². The smallest absolute Gasteiger partial charge is 0.267 e. The minimum Gasteiger partial charge on any atom is -0.398 e. The molecule has 1 rings (SSSR count). The van der Waals surface area contributed by atoms with Crippen molar-refractivity contribution in [3.8, 4) is 12.3 Å². The summed E-state index contributed by atoms with van der Waals surface area (Å²) < 4.78 is 0. The van der Waals surface area contributed by atoms with Gasteiger partial charge in [-0.15, -0.1) is 6.42 Å². The summed E-state index contributed by atoms with van der Waals surface area (Å²) in [6, 6.07) is 4.71. The molecule has 0 atom stereocenters. The average molecular weight is 235 g/mol.